The van der Waals surface area contributed by atoms with E-state index in [-0.39, 0.29) is 5.41 Å². The normalized spacial score (nSPS) is 11.6. The minimum Gasteiger partial charge on any atom is -0.0616 e. The molecule has 0 aliphatic heterocycles. The first kappa shape index (κ1) is 13.8. The van der Waals surface area contributed by atoms with Crippen molar-refractivity contribution in [1.82, 2.24) is 0 Å². The summed E-state index contributed by atoms with van der Waals surface area (Å²) in [5.74, 6) is 0. The minimum absolute atomic E-state index is 0.119. The van der Waals surface area contributed by atoms with Crippen LogP contribution in [0.15, 0.2) is 51.4 Å². The van der Waals surface area contributed by atoms with Gasteiger partial charge in [-0.25, -0.2) is 0 Å². The Labute approximate surface area is 126 Å². The Balaban J connectivity index is 2.75. The molecule has 0 saturated heterocycles. The molecule has 0 N–H and O–H groups in total. The monoisotopic (exact) mass is 366 g/mol. The van der Waals surface area contributed by atoms with Gasteiger partial charge in [-0.2, -0.15) is 0 Å². The van der Waals surface area contributed by atoms with Crippen molar-refractivity contribution < 1.29 is 0 Å². The van der Waals surface area contributed by atoms with Crippen LogP contribution in [-0.2, 0) is 5.41 Å². The van der Waals surface area contributed by atoms with Crippen LogP contribution < -0.4 is 0 Å². The van der Waals surface area contributed by atoms with Crippen LogP contribution >= 0.6 is 31.9 Å². The van der Waals surface area contributed by atoms with Gasteiger partial charge in [-0.1, -0.05) is 83.0 Å². The lowest BCUT2D eigenvalue weighted by Gasteiger charge is -2.24. The molecule has 94 valence electrons. The number of halogens is 2. The van der Waals surface area contributed by atoms with Crippen molar-refractivity contribution in [3.63, 3.8) is 0 Å². The van der Waals surface area contributed by atoms with E-state index in [1.807, 2.05) is 6.07 Å². The summed E-state index contributed by atoms with van der Waals surface area (Å²) in [6, 6.07) is 14.8. The van der Waals surface area contributed by atoms with Crippen LogP contribution in [0.25, 0.3) is 11.1 Å². The summed E-state index contributed by atoms with van der Waals surface area (Å²) < 4.78 is 2.27. The molecule has 2 aromatic rings. The minimum atomic E-state index is 0.119. The molecule has 2 aromatic carbocycles. The lowest BCUT2D eigenvalue weighted by atomic mass is 9.82. The van der Waals surface area contributed by atoms with E-state index in [0.29, 0.717) is 0 Å². The van der Waals surface area contributed by atoms with Crippen molar-refractivity contribution >= 4 is 31.9 Å². The van der Waals surface area contributed by atoms with Gasteiger partial charge in [-0.3, -0.25) is 0 Å². The van der Waals surface area contributed by atoms with Gasteiger partial charge in [0.15, 0.2) is 0 Å². The second-order valence-corrected chi connectivity index (χ2v) is 7.10. The third-order valence-electron chi connectivity index (χ3n) is 2.96. The van der Waals surface area contributed by atoms with E-state index in [1.165, 1.54) is 16.7 Å². The van der Waals surface area contributed by atoms with Gasteiger partial charge < -0.3 is 0 Å². The number of benzene rings is 2. The molecule has 2 rings (SSSR count). The molecule has 0 aliphatic rings. The highest BCUT2D eigenvalue weighted by atomic mass is 79.9. The van der Waals surface area contributed by atoms with Crippen LogP contribution in [0.5, 0.6) is 0 Å². The second-order valence-electron chi connectivity index (χ2n) is 5.39. The zero-order valence-corrected chi connectivity index (χ0v) is 14.0. The molecule has 0 radical (unpaired) electrons. The van der Waals surface area contributed by atoms with Crippen molar-refractivity contribution in [1.29, 1.82) is 0 Å². The third-order valence-corrected chi connectivity index (χ3v) is 4.32. The Hall–Kier alpha value is -0.600. The first-order valence-electron chi connectivity index (χ1n) is 5.95. The number of rotatable bonds is 1. The summed E-state index contributed by atoms with van der Waals surface area (Å²) >= 11 is 7.34. The maximum Gasteiger partial charge on any atom is 0.0257 e. The van der Waals surface area contributed by atoms with Crippen molar-refractivity contribution in [2.45, 2.75) is 26.2 Å². The van der Waals surface area contributed by atoms with Gasteiger partial charge in [-0.05, 0) is 28.7 Å². The predicted molar refractivity (Wildman–Crippen MR) is 86.0 cm³/mol. The highest BCUT2D eigenvalue weighted by Crippen LogP contribution is 2.40. The Kier molecular flexibility index (Phi) is 3.98. The van der Waals surface area contributed by atoms with E-state index in [4.69, 9.17) is 0 Å². The molecular formula is C16H16Br2. The fraction of sp³-hybridized carbons (Fsp3) is 0.250. The van der Waals surface area contributed by atoms with Crippen LogP contribution in [0.3, 0.4) is 0 Å². The van der Waals surface area contributed by atoms with Crippen molar-refractivity contribution in [2.24, 2.45) is 0 Å². The molecule has 0 fully saturated rings. The summed E-state index contributed by atoms with van der Waals surface area (Å²) in [6.07, 6.45) is 0. The van der Waals surface area contributed by atoms with E-state index in [1.54, 1.807) is 0 Å². The topological polar surface area (TPSA) is 0 Å². The number of hydrogen-bond donors (Lipinski definition) is 0. The molecule has 0 saturated carbocycles. The van der Waals surface area contributed by atoms with Gasteiger partial charge in [-0.15, -0.1) is 0 Å². The SMILES string of the molecule is CC(C)(C)c1cccc(Br)c1-c1ccccc1Br. The summed E-state index contributed by atoms with van der Waals surface area (Å²) in [5, 5.41) is 0. The molecule has 0 nitrogen and oxygen atoms in total. The maximum absolute atomic E-state index is 3.69. The van der Waals surface area contributed by atoms with Gasteiger partial charge >= 0.3 is 0 Å². The van der Waals surface area contributed by atoms with E-state index in [9.17, 15) is 0 Å². The highest BCUT2D eigenvalue weighted by Gasteiger charge is 2.21. The molecule has 0 aliphatic carbocycles. The average molecular weight is 368 g/mol. The standard InChI is InChI=1S/C16H16Br2/c1-16(2,3)12-8-6-10-14(18)15(12)11-7-4-5-9-13(11)17/h4-10H,1-3H3. The quantitative estimate of drug-likeness (QED) is 0.564. The molecule has 0 unspecified atom stereocenters. The van der Waals surface area contributed by atoms with Crippen LogP contribution in [0, 0.1) is 0 Å². The number of hydrogen-bond acceptors (Lipinski definition) is 0. The van der Waals surface area contributed by atoms with E-state index >= 15 is 0 Å². The fourth-order valence-electron chi connectivity index (χ4n) is 2.09. The van der Waals surface area contributed by atoms with Gasteiger partial charge in [0.2, 0.25) is 0 Å². The lowest BCUT2D eigenvalue weighted by molar-refractivity contribution is 0.591. The van der Waals surface area contributed by atoms with Crippen LogP contribution in [0.2, 0.25) is 0 Å². The van der Waals surface area contributed by atoms with Crippen LogP contribution in [0.1, 0.15) is 26.3 Å². The average Bonchev–Trinajstić information content (AvgIpc) is 2.29. The molecule has 0 aromatic heterocycles. The zero-order chi connectivity index (χ0) is 13.3. The first-order valence-corrected chi connectivity index (χ1v) is 7.54. The molecule has 2 heteroatoms. The lowest BCUT2D eigenvalue weighted by Crippen LogP contribution is -2.13. The fourth-order valence-corrected chi connectivity index (χ4v) is 3.15. The molecule has 0 bridgehead atoms. The van der Waals surface area contributed by atoms with Gasteiger partial charge in [0.05, 0.1) is 0 Å². The van der Waals surface area contributed by atoms with Gasteiger partial charge in [0.1, 0.15) is 0 Å². The molecule has 0 heterocycles. The second kappa shape index (κ2) is 5.18. The van der Waals surface area contributed by atoms with Crippen molar-refractivity contribution in [3.8, 4) is 11.1 Å². The Morgan fingerprint density at radius 3 is 2.00 bits per heavy atom. The van der Waals surface area contributed by atoms with Crippen molar-refractivity contribution in [3.05, 3.63) is 57.0 Å². The summed E-state index contributed by atoms with van der Waals surface area (Å²) in [7, 11) is 0. The predicted octanol–water partition coefficient (Wildman–Crippen LogP) is 6.18. The largest absolute Gasteiger partial charge is 0.0616 e. The molecule has 0 spiro atoms. The molecular weight excluding hydrogens is 352 g/mol. The first-order chi connectivity index (χ1) is 8.41. The van der Waals surface area contributed by atoms with Crippen molar-refractivity contribution in [2.75, 3.05) is 0 Å². The van der Waals surface area contributed by atoms with Crippen LogP contribution in [0.4, 0.5) is 0 Å². The Bertz CT molecular complexity index is 566. The zero-order valence-electron chi connectivity index (χ0n) is 10.8. The molecule has 18 heavy (non-hydrogen) atoms. The highest BCUT2D eigenvalue weighted by molar-refractivity contribution is 9.11. The van der Waals surface area contributed by atoms with E-state index in [0.717, 1.165) is 8.95 Å². The Morgan fingerprint density at radius 2 is 1.39 bits per heavy atom. The van der Waals surface area contributed by atoms with Gasteiger partial charge in [0, 0.05) is 14.5 Å². The summed E-state index contributed by atoms with van der Waals surface area (Å²) in [4.78, 5) is 0. The summed E-state index contributed by atoms with van der Waals surface area (Å²) in [5.41, 5.74) is 3.98. The smallest absolute Gasteiger partial charge is 0.0257 e. The maximum atomic E-state index is 3.69. The van der Waals surface area contributed by atoms with E-state index < -0.39 is 0 Å². The molecule has 0 atom stereocenters. The molecule has 0 amide bonds. The summed E-state index contributed by atoms with van der Waals surface area (Å²) in [6.45, 7) is 6.74. The van der Waals surface area contributed by atoms with Gasteiger partial charge in [0.25, 0.3) is 0 Å². The third kappa shape index (κ3) is 2.70. The van der Waals surface area contributed by atoms with Crippen LogP contribution in [-0.4, -0.2) is 0 Å². The Morgan fingerprint density at radius 1 is 0.778 bits per heavy atom. The van der Waals surface area contributed by atoms with E-state index in [2.05, 4.69) is 89.0 Å².